The zero-order chi connectivity index (χ0) is 14.2. The molecule has 1 unspecified atom stereocenters. The predicted octanol–water partition coefficient (Wildman–Crippen LogP) is 3.20. The minimum absolute atomic E-state index is 0.0999. The molecule has 2 aromatic heterocycles. The maximum atomic E-state index is 12.6. The molecule has 1 atom stereocenters. The first kappa shape index (κ1) is 13.6. The minimum Gasteiger partial charge on any atom is -0.366 e. The number of rotatable bonds is 3. The normalized spacial score (nSPS) is 14.1. The van der Waals surface area contributed by atoms with E-state index in [0.717, 1.165) is 6.07 Å². The van der Waals surface area contributed by atoms with E-state index in [9.17, 15) is 13.2 Å². The number of halogens is 3. The van der Waals surface area contributed by atoms with Crippen LogP contribution < -0.4 is 5.32 Å². The summed E-state index contributed by atoms with van der Waals surface area (Å²) in [6.45, 7) is 6.00. The first-order valence-corrected chi connectivity index (χ1v) is 5.97. The fourth-order valence-corrected chi connectivity index (χ4v) is 1.55. The number of hydrogen-bond acceptors (Lipinski definition) is 3. The fraction of sp³-hybridized carbons (Fsp3) is 0.500. The Balaban J connectivity index is 2.42. The van der Waals surface area contributed by atoms with Crippen LogP contribution in [0.15, 0.2) is 18.5 Å². The maximum absolute atomic E-state index is 12.6. The van der Waals surface area contributed by atoms with E-state index in [1.165, 1.54) is 16.9 Å². The smallest absolute Gasteiger partial charge is 0.366 e. The Bertz CT molecular complexity index is 574. The van der Waals surface area contributed by atoms with Gasteiger partial charge in [-0.25, -0.2) is 9.50 Å². The standard InChI is InChI=1S/C12H15F3N4/c1-7(2)8(3)17-11-9-6-10(12(13,14)15)18-19(9)5-4-16-11/h4-8H,1-3H3,(H,16,17). The van der Waals surface area contributed by atoms with Crippen molar-refractivity contribution in [1.82, 2.24) is 14.6 Å². The Kier molecular flexibility index (Phi) is 3.38. The molecular weight excluding hydrogens is 257 g/mol. The van der Waals surface area contributed by atoms with Gasteiger partial charge in [0, 0.05) is 24.5 Å². The van der Waals surface area contributed by atoms with Crippen molar-refractivity contribution in [3.05, 3.63) is 24.2 Å². The van der Waals surface area contributed by atoms with Gasteiger partial charge in [-0.05, 0) is 12.8 Å². The minimum atomic E-state index is -4.45. The summed E-state index contributed by atoms with van der Waals surface area (Å²) in [4.78, 5) is 4.09. The number of alkyl halides is 3. The first-order chi connectivity index (χ1) is 8.79. The number of nitrogens with one attached hydrogen (secondary N) is 1. The molecule has 0 aliphatic rings. The van der Waals surface area contributed by atoms with Gasteiger partial charge >= 0.3 is 6.18 Å². The summed E-state index contributed by atoms with van der Waals surface area (Å²) in [6, 6.07) is 1.10. The lowest BCUT2D eigenvalue weighted by atomic mass is 10.1. The third-order valence-corrected chi connectivity index (χ3v) is 3.04. The maximum Gasteiger partial charge on any atom is 0.435 e. The van der Waals surface area contributed by atoms with Crippen LogP contribution in [-0.2, 0) is 6.18 Å². The lowest BCUT2D eigenvalue weighted by Crippen LogP contribution is -2.22. The van der Waals surface area contributed by atoms with Gasteiger partial charge in [0.2, 0.25) is 0 Å². The van der Waals surface area contributed by atoms with Gasteiger partial charge in [-0.15, -0.1) is 0 Å². The van der Waals surface area contributed by atoms with Gasteiger partial charge in [0.25, 0.3) is 0 Å². The van der Waals surface area contributed by atoms with Crippen LogP contribution in [0, 0.1) is 5.92 Å². The number of aromatic nitrogens is 3. The van der Waals surface area contributed by atoms with E-state index in [0.29, 0.717) is 17.3 Å². The van der Waals surface area contributed by atoms with Gasteiger partial charge < -0.3 is 5.32 Å². The molecule has 0 amide bonds. The molecule has 2 aromatic rings. The molecule has 104 valence electrons. The molecule has 7 heteroatoms. The van der Waals surface area contributed by atoms with Crippen molar-refractivity contribution in [2.24, 2.45) is 5.92 Å². The van der Waals surface area contributed by atoms with Crippen LogP contribution >= 0.6 is 0 Å². The molecule has 0 radical (unpaired) electrons. The second-order valence-electron chi connectivity index (χ2n) is 4.81. The molecule has 1 N–H and O–H groups in total. The van der Waals surface area contributed by atoms with E-state index in [2.05, 4.69) is 15.4 Å². The predicted molar refractivity (Wildman–Crippen MR) is 65.9 cm³/mol. The highest BCUT2D eigenvalue weighted by Crippen LogP contribution is 2.30. The average Bonchev–Trinajstić information content (AvgIpc) is 2.73. The highest BCUT2D eigenvalue weighted by Gasteiger charge is 2.34. The number of hydrogen-bond donors (Lipinski definition) is 1. The van der Waals surface area contributed by atoms with Crippen molar-refractivity contribution in [2.75, 3.05) is 5.32 Å². The van der Waals surface area contributed by atoms with Gasteiger partial charge in [0.05, 0.1) is 0 Å². The van der Waals surface area contributed by atoms with Gasteiger partial charge in [-0.1, -0.05) is 13.8 Å². The highest BCUT2D eigenvalue weighted by molar-refractivity contribution is 5.68. The number of fused-ring (bicyclic) bond motifs is 1. The van der Waals surface area contributed by atoms with Crippen molar-refractivity contribution >= 4 is 11.3 Å². The zero-order valence-corrected chi connectivity index (χ0v) is 10.9. The molecule has 0 aromatic carbocycles. The summed E-state index contributed by atoms with van der Waals surface area (Å²) in [7, 11) is 0. The van der Waals surface area contributed by atoms with Crippen molar-refractivity contribution in [2.45, 2.75) is 33.0 Å². The van der Waals surface area contributed by atoms with E-state index < -0.39 is 11.9 Å². The topological polar surface area (TPSA) is 42.2 Å². The molecule has 19 heavy (non-hydrogen) atoms. The van der Waals surface area contributed by atoms with Crippen LogP contribution in [0.5, 0.6) is 0 Å². The van der Waals surface area contributed by atoms with Crippen molar-refractivity contribution in [1.29, 1.82) is 0 Å². The summed E-state index contributed by atoms with van der Waals surface area (Å²) in [5, 5.41) is 6.62. The van der Waals surface area contributed by atoms with E-state index in [-0.39, 0.29) is 6.04 Å². The van der Waals surface area contributed by atoms with Gasteiger partial charge in [-0.3, -0.25) is 0 Å². The summed E-state index contributed by atoms with van der Waals surface area (Å²) in [6.07, 6.45) is -1.63. The largest absolute Gasteiger partial charge is 0.435 e. The second kappa shape index (κ2) is 4.71. The zero-order valence-electron chi connectivity index (χ0n) is 10.9. The first-order valence-electron chi connectivity index (χ1n) is 5.97. The lowest BCUT2D eigenvalue weighted by Gasteiger charge is -2.18. The molecule has 0 aliphatic heterocycles. The molecule has 0 fully saturated rings. The number of anilines is 1. The van der Waals surface area contributed by atoms with E-state index in [4.69, 9.17) is 0 Å². The second-order valence-corrected chi connectivity index (χ2v) is 4.81. The van der Waals surface area contributed by atoms with Crippen LogP contribution in [-0.4, -0.2) is 20.6 Å². The van der Waals surface area contributed by atoms with Crippen molar-refractivity contribution in [3.63, 3.8) is 0 Å². The Morgan fingerprint density at radius 1 is 1.26 bits per heavy atom. The van der Waals surface area contributed by atoms with E-state index in [1.807, 2.05) is 20.8 Å². The van der Waals surface area contributed by atoms with Crippen LogP contribution in [0.1, 0.15) is 26.5 Å². The molecule has 0 bridgehead atoms. The highest BCUT2D eigenvalue weighted by atomic mass is 19.4. The van der Waals surface area contributed by atoms with Crippen LogP contribution in [0.3, 0.4) is 0 Å². The average molecular weight is 272 g/mol. The SMILES string of the molecule is CC(C)C(C)Nc1nccn2nc(C(F)(F)F)cc12. The third-order valence-electron chi connectivity index (χ3n) is 3.04. The molecular formula is C12H15F3N4. The Morgan fingerprint density at radius 3 is 2.53 bits per heavy atom. The molecule has 2 heterocycles. The summed E-state index contributed by atoms with van der Waals surface area (Å²) in [5.74, 6) is 0.749. The van der Waals surface area contributed by atoms with Crippen LogP contribution in [0.25, 0.3) is 5.52 Å². The Morgan fingerprint density at radius 2 is 1.95 bits per heavy atom. The molecule has 0 saturated carbocycles. The third kappa shape index (κ3) is 2.80. The molecule has 2 rings (SSSR count). The molecule has 0 saturated heterocycles. The van der Waals surface area contributed by atoms with E-state index in [1.54, 1.807) is 0 Å². The summed E-state index contributed by atoms with van der Waals surface area (Å²) < 4.78 is 39.1. The van der Waals surface area contributed by atoms with Crippen molar-refractivity contribution < 1.29 is 13.2 Å². The quantitative estimate of drug-likeness (QED) is 0.933. The van der Waals surface area contributed by atoms with Crippen LogP contribution in [0.2, 0.25) is 0 Å². The summed E-state index contributed by atoms with van der Waals surface area (Å²) >= 11 is 0. The molecule has 0 spiro atoms. The summed E-state index contributed by atoms with van der Waals surface area (Å²) in [5.41, 5.74) is -0.594. The van der Waals surface area contributed by atoms with Gasteiger partial charge in [-0.2, -0.15) is 18.3 Å². The van der Waals surface area contributed by atoms with Gasteiger partial charge in [0.1, 0.15) is 5.52 Å². The monoisotopic (exact) mass is 272 g/mol. The Hall–Kier alpha value is -1.79. The number of nitrogens with zero attached hydrogens (tertiary/aromatic N) is 3. The Labute approximate surface area is 108 Å². The molecule has 0 aliphatic carbocycles. The van der Waals surface area contributed by atoms with Crippen molar-refractivity contribution in [3.8, 4) is 0 Å². The lowest BCUT2D eigenvalue weighted by molar-refractivity contribution is -0.141. The van der Waals surface area contributed by atoms with Crippen LogP contribution in [0.4, 0.5) is 19.0 Å². The van der Waals surface area contributed by atoms with E-state index >= 15 is 0 Å². The van der Waals surface area contributed by atoms with Gasteiger partial charge in [0.15, 0.2) is 11.5 Å². The molecule has 4 nitrogen and oxygen atoms in total. The fourth-order valence-electron chi connectivity index (χ4n) is 1.55.